The minimum Gasteiger partial charge on any atom is -0.461 e. The van der Waals surface area contributed by atoms with Gasteiger partial charge >= 0.3 is 12.0 Å². The van der Waals surface area contributed by atoms with Crippen LogP contribution in [-0.2, 0) is 16.0 Å². The summed E-state index contributed by atoms with van der Waals surface area (Å²) in [6.45, 7) is 4.16. The first-order valence-electron chi connectivity index (χ1n) is 7.60. The van der Waals surface area contributed by atoms with Crippen molar-refractivity contribution in [2.24, 2.45) is 0 Å². The number of carbonyl (C=O) groups is 2. The first-order chi connectivity index (χ1) is 11.1. The fourth-order valence-electron chi connectivity index (χ4n) is 2.46. The molecule has 0 unspecified atom stereocenters. The second kappa shape index (κ2) is 8.06. The molecule has 2 rings (SSSR count). The number of nitrogens with one attached hydrogen (secondary N) is 2. The van der Waals surface area contributed by atoms with Gasteiger partial charge in [0, 0.05) is 11.4 Å². The highest BCUT2D eigenvalue weighted by Crippen LogP contribution is 2.27. The molecular weight excluding hydrogens is 312 g/mol. The highest BCUT2D eigenvalue weighted by Gasteiger charge is 2.32. The van der Waals surface area contributed by atoms with Gasteiger partial charge in [0.2, 0.25) is 0 Å². The normalized spacial score (nSPS) is 17.5. The Hall–Kier alpha value is -1.95. The van der Waals surface area contributed by atoms with Crippen molar-refractivity contribution < 1.29 is 14.3 Å². The number of esters is 1. The first kappa shape index (κ1) is 17.4. The van der Waals surface area contributed by atoms with Crippen LogP contribution in [-0.4, -0.2) is 30.6 Å². The summed E-state index contributed by atoms with van der Waals surface area (Å²) in [5, 5.41) is 5.45. The number of hydrogen-bond donors (Lipinski definition) is 2. The van der Waals surface area contributed by atoms with Crippen LogP contribution in [0.2, 0.25) is 0 Å². The third-order valence-corrected chi connectivity index (χ3v) is 4.31. The van der Waals surface area contributed by atoms with Gasteiger partial charge < -0.3 is 15.4 Å². The number of carbonyl (C=O) groups excluding carboxylic acids is 2. The van der Waals surface area contributed by atoms with Crippen LogP contribution in [0.4, 0.5) is 4.79 Å². The van der Waals surface area contributed by atoms with E-state index in [1.54, 1.807) is 18.7 Å². The lowest BCUT2D eigenvalue weighted by Crippen LogP contribution is -2.45. The largest absolute Gasteiger partial charge is 0.461 e. The van der Waals surface area contributed by atoms with Crippen molar-refractivity contribution in [3.8, 4) is 0 Å². The molecule has 124 valence electrons. The standard InChI is InChI=1S/C17H22N2O3S/c1-4-12-5-7-13(8-6-12)15-14(11(2)18-17(21)19-15)16(20)22-9-10-23-3/h5-8,15H,4,9-10H2,1-3H3,(H2,18,19,21)/t15-/m1/s1. The molecule has 1 aromatic carbocycles. The highest BCUT2D eigenvalue weighted by molar-refractivity contribution is 7.98. The highest BCUT2D eigenvalue weighted by atomic mass is 32.2. The smallest absolute Gasteiger partial charge is 0.338 e. The van der Waals surface area contributed by atoms with Crippen LogP contribution < -0.4 is 10.6 Å². The van der Waals surface area contributed by atoms with E-state index in [9.17, 15) is 9.59 Å². The molecule has 0 spiro atoms. The quantitative estimate of drug-likeness (QED) is 0.620. The van der Waals surface area contributed by atoms with Crippen molar-refractivity contribution >= 4 is 23.8 Å². The third-order valence-electron chi connectivity index (χ3n) is 3.73. The van der Waals surface area contributed by atoms with E-state index in [1.165, 1.54) is 5.56 Å². The van der Waals surface area contributed by atoms with Crippen LogP contribution in [0.3, 0.4) is 0 Å². The lowest BCUT2D eigenvalue weighted by atomic mass is 9.94. The molecule has 23 heavy (non-hydrogen) atoms. The summed E-state index contributed by atoms with van der Waals surface area (Å²) in [6.07, 6.45) is 2.90. The zero-order valence-corrected chi connectivity index (χ0v) is 14.5. The SMILES string of the molecule is CCc1ccc([C@H]2NC(=O)NC(C)=C2C(=O)OCCSC)cc1. The summed E-state index contributed by atoms with van der Waals surface area (Å²) >= 11 is 1.61. The van der Waals surface area contributed by atoms with Gasteiger partial charge in [-0.15, -0.1) is 0 Å². The predicted octanol–water partition coefficient (Wildman–Crippen LogP) is 2.78. The summed E-state index contributed by atoms with van der Waals surface area (Å²) < 4.78 is 5.32. The van der Waals surface area contributed by atoms with Crippen LogP contribution >= 0.6 is 11.8 Å². The first-order valence-corrected chi connectivity index (χ1v) is 8.99. The van der Waals surface area contributed by atoms with Gasteiger partial charge in [-0.1, -0.05) is 31.2 Å². The molecule has 0 aliphatic carbocycles. The third kappa shape index (κ3) is 4.28. The molecule has 5 nitrogen and oxygen atoms in total. The fraction of sp³-hybridized carbons (Fsp3) is 0.412. The van der Waals surface area contributed by atoms with Gasteiger partial charge in [0.15, 0.2) is 0 Å². The van der Waals surface area contributed by atoms with E-state index in [0.717, 1.165) is 17.7 Å². The molecule has 1 aliphatic rings. The monoisotopic (exact) mass is 334 g/mol. The maximum Gasteiger partial charge on any atom is 0.338 e. The average Bonchev–Trinajstić information content (AvgIpc) is 2.54. The van der Waals surface area contributed by atoms with Crippen LogP contribution in [0.5, 0.6) is 0 Å². The summed E-state index contributed by atoms with van der Waals surface area (Å²) in [6, 6.07) is 7.10. The van der Waals surface area contributed by atoms with Gasteiger partial charge in [-0.25, -0.2) is 9.59 Å². The second-order valence-electron chi connectivity index (χ2n) is 5.29. The van der Waals surface area contributed by atoms with Crippen LogP contribution in [0, 0.1) is 0 Å². The van der Waals surface area contributed by atoms with Crippen molar-refractivity contribution in [3.05, 3.63) is 46.7 Å². The van der Waals surface area contributed by atoms with E-state index in [4.69, 9.17) is 4.74 Å². The number of hydrogen-bond acceptors (Lipinski definition) is 4. The van der Waals surface area contributed by atoms with Gasteiger partial charge in [-0.2, -0.15) is 11.8 Å². The van der Waals surface area contributed by atoms with Crippen molar-refractivity contribution in [2.45, 2.75) is 26.3 Å². The van der Waals surface area contributed by atoms with Gasteiger partial charge in [-0.05, 0) is 30.7 Å². The van der Waals surface area contributed by atoms with E-state index in [0.29, 0.717) is 17.9 Å². The van der Waals surface area contributed by atoms with Gasteiger partial charge in [0.1, 0.15) is 6.61 Å². The lowest BCUT2D eigenvalue weighted by molar-refractivity contribution is -0.138. The van der Waals surface area contributed by atoms with Gasteiger partial charge in [-0.3, -0.25) is 0 Å². The molecule has 0 saturated heterocycles. The number of rotatable bonds is 6. The molecule has 0 aromatic heterocycles. The Morgan fingerprint density at radius 3 is 2.61 bits per heavy atom. The molecule has 0 fully saturated rings. The molecule has 1 atom stereocenters. The molecular formula is C17H22N2O3S. The Bertz CT molecular complexity index is 611. The Labute approximate surface area is 140 Å². The van der Waals surface area contributed by atoms with Crippen LogP contribution in [0.15, 0.2) is 35.5 Å². The molecule has 1 aromatic rings. The van der Waals surface area contributed by atoms with Gasteiger partial charge in [0.05, 0.1) is 11.6 Å². The molecule has 1 aliphatic heterocycles. The zero-order valence-electron chi connectivity index (χ0n) is 13.6. The zero-order chi connectivity index (χ0) is 16.8. The topological polar surface area (TPSA) is 67.4 Å². The van der Waals surface area contributed by atoms with E-state index in [2.05, 4.69) is 17.6 Å². The number of aryl methyl sites for hydroxylation is 1. The summed E-state index contributed by atoms with van der Waals surface area (Å²) in [5.41, 5.74) is 3.06. The minimum atomic E-state index is -0.489. The van der Waals surface area contributed by atoms with Crippen LogP contribution in [0.25, 0.3) is 0 Å². The summed E-state index contributed by atoms with van der Waals surface area (Å²) in [4.78, 5) is 24.2. The van der Waals surface area contributed by atoms with E-state index >= 15 is 0 Å². The number of amides is 2. The molecule has 0 bridgehead atoms. The van der Waals surface area contributed by atoms with Gasteiger partial charge in [0.25, 0.3) is 0 Å². The maximum atomic E-state index is 12.4. The summed E-state index contributed by atoms with van der Waals surface area (Å²) in [7, 11) is 0. The number of ether oxygens (including phenoxy) is 1. The Morgan fingerprint density at radius 1 is 1.30 bits per heavy atom. The van der Waals surface area contributed by atoms with E-state index < -0.39 is 12.0 Å². The van der Waals surface area contributed by atoms with Crippen LogP contribution in [0.1, 0.15) is 31.0 Å². The lowest BCUT2D eigenvalue weighted by Gasteiger charge is -2.28. The molecule has 2 amide bonds. The van der Waals surface area contributed by atoms with Crippen molar-refractivity contribution in [3.63, 3.8) is 0 Å². The fourth-order valence-corrected chi connectivity index (χ4v) is 2.71. The Morgan fingerprint density at radius 2 is 2.00 bits per heavy atom. The maximum absolute atomic E-state index is 12.4. The van der Waals surface area contributed by atoms with E-state index in [1.807, 2.05) is 30.5 Å². The second-order valence-corrected chi connectivity index (χ2v) is 6.28. The van der Waals surface area contributed by atoms with Crippen molar-refractivity contribution in [2.75, 3.05) is 18.6 Å². The predicted molar refractivity (Wildman–Crippen MR) is 92.3 cm³/mol. The molecule has 2 N–H and O–H groups in total. The number of urea groups is 1. The molecule has 0 saturated carbocycles. The summed E-state index contributed by atoms with van der Waals surface area (Å²) in [5.74, 6) is 0.349. The van der Waals surface area contributed by atoms with Crippen molar-refractivity contribution in [1.29, 1.82) is 0 Å². The van der Waals surface area contributed by atoms with E-state index in [-0.39, 0.29) is 6.03 Å². The number of allylic oxidation sites excluding steroid dienone is 1. The number of benzene rings is 1. The average molecular weight is 334 g/mol. The Balaban J connectivity index is 2.27. The molecule has 1 heterocycles. The molecule has 6 heteroatoms. The number of thioether (sulfide) groups is 1. The molecule has 0 radical (unpaired) electrons. The minimum absolute atomic E-state index is 0.312. The Kier molecular flexibility index (Phi) is 6.10. The van der Waals surface area contributed by atoms with Crippen molar-refractivity contribution in [1.82, 2.24) is 10.6 Å².